The van der Waals surface area contributed by atoms with Crippen LogP contribution in [0.15, 0.2) is 11.6 Å². The number of hydrogen-bond donors (Lipinski definition) is 0. The van der Waals surface area contributed by atoms with E-state index in [2.05, 4.69) is 33.8 Å². The normalized spacial score (nSPS) is 45.0. The van der Waals surface area contributed by atoms with E-state index in [-0.39, 0.29) is 16.1 Å². The van der Waals surface area contributed by atoms with Gasteiger partial charge in [-0.05, 0) is 79.2 Å². The molecule has 2 heteroatoms. The summed E-state index contributed by atoms with van der Waals surface area (Å²) >= 11 is 6.06. The molecule has 0 heterocycles. The van der Waals surface area contributed by atoms with Crippen molar-refractivity contribution in [1.82, 2.24) is 0 Å². The van der Waals surface area contributed by atoms with E-state index in [1.54, 1.807) is 5.57 Å². The van der Waals surface area contributed by atoms with Crippen molar-refractivity contribution in [2.75, 3.05) is 0 Å². The van der Waals surface area contributed by atoms with Crippen LogP contribution >= 0.6 is 11.6 Å². The topological polar surface area (TPSA) is 17.1 Å². The molecule has 0 saturated heterocycles. The summed E-state index contributed by atoms with van der Waals surface area (Å²) in [5, 5.41) is -0.101. The van der Waals surface area contributed by atoms with Crippen LogP contribution in [0.2, 0.25) is 0 Å². The van der Waals surface area contributed by atoms with Crippen LogP contribution < -0.4 is 0 Å². The van der Waals surface area contributed by atoms with Gasteiger partial charge in [0.15, 0.2) is 0 Å². The van der Waals surface area contributed by atoms with Crippen LogP contribution in [-0.4, -0.2) is 5.24 Å². The molecule has 0 bridgehead atoms. The maximum Gasteiger partial charge on any atom is 0.227 e. The maximum atomic E-state index is 12.2. The molecular formula is C20H31ClO. The Morgan fingerprint density at radius 3 is 2.64 bits per heavy atom. The van der Waals surface area contributed by atoms with Crippen LogP contribution in [0.3, 0.4) is 0 Å². The first kappa shape index (κ1) is 16.6. The summed E-state index contributed by atoms with van der Waals surface area (Å²) in [4.78, 5) is 12.2. The van der Waals surface area contributed by atoms with E-state index in [1.807, 2.05) is 0 Å². The van der Waals surface area contributed by atoms with Crippen LogP contribution in [0.25, 0.3) is 0 Å². The van der Waals surface area contributed by atoms with Crippen LogP contribution in [0.5, 0.6) is 0 Å². The maximum absolute atomic E-state index is 12.2. The van der Waals surface area contributed by atoms with E-state index in [1.165, 1.54) is 25.7 Å². The van der Waals surface area contributed by atoms with Crippen LogP contribution in [0.1, 0.15) is 72.6 Å². The molecule has 0 aromatic carbocycles. The Morgan fingerprint density at radius 1 is 1.27 bits per heavy atom. The molecule has 0 aromatic rings. The molecule has 0 amide bonds. The Bertz CT molecular complexity index is 494. The Balaban J connectivity index is 1.92. The molecule has 2 saturated carbocycles. The zero-order chi connectivity index (χ0) is 16.1. The minimum Gasteiger partial charge on any atom is -0.281 e. The summed E-state index contributed by atoms with van der Waals surface area (Å²) in [7, 11) is 0. The standard InChI is InChI=1S/C20H31ClO/c1-13(2)14-6-8-16-15(12-14)7-9-17-19(16,3)10-5-11-20(17,4)18(21)22/h7,13-14,16-17H,5-6,8-12H2,1-4H3/t14?,16-,17?,19-,20+/m1/s1. The van der Waals surface area contributed by atoms with Gasteiger partial charge in [0.2, 0.25) is 5.24 Å². The van der Waals surface area contributed by atoms with Gasteiger partial charge in [-0.15, -0.1) is 0 Å². The van der Waals surface area contributed by atoms with Crippen molar-refractivity contribution < 1.29 is 4.79 Å². The summed E-state index contributed by atoms with van der Waals surface area (Å²) in [6.45, 7) is 9.32. The molecule has 0 aliphatic heterocycles. The van der Waals surface area contributed by atoms with Gasteiger partial charge in [0, 0.05) is 5.41 Å². The monoisotopic (exact) mass is 322 g/mol. The highest BCUT2D eigenvalue weighted by atomic mass is 35.5. The number of allylic oxidation sites excluding steroid dienone is 2. The number of fused-ring (bicyclic) bond motifs is 3. The van der Waals surface area contributed by atoms with E-state index in [0.29, 0.717) is 11.8 Å². The predicted molar refractivity (Wildman–Crippen MR) is 92.8 cm³/mol. The summed E-state index contributed by atoms with van der Waals surface area (Å²) in [6, 6.07) is 0. The van der Waals surface area contributed by atoms with E-state index in [4.69, 9.17) is 11.6 Å². The fourth-order valence-electron chi connectivity index (χ4n) is 6.02. The lowest BCUT2D eigenvalue weighted by molar-refractivity contribution is -0.133. The van der Waals surface area contributed by atoms with Gasteiger partial charge in [-0.3, -0.25) is 4.79 Å². The molecule has 0 N–H and O–H groups in total. The van der Waals surface area contributed by atoms with Gasteiger partial charge in [-0.1, -0.05) is 45.8 Å². The Hall–Kier alpha value is -0.300. The summed E-state index contributed by atoms with van der Waals surface area (Å²) in [5.74, 6) is 2.76. The number of rotatable bonds is 2. The molecule has 1 nitrogen and oxygen atoms in total. The average Bonchev–Trinajstić information content (AvgIpc) is 2.46. The molecule has 0 aromatic heterocycles. The first-order chi connectivity index (χ1) is 10.3. The van der Waals surface area contributed by atoms with E-state index in [9.17, 15) is 4.79 Å². The zero-order valence-electron chi connectivity index (χ0n) is 14.6. The molecular weight excluding hydrogens is 292 g/mol. The third kappa shape index (κ3) is 2.39. The largest absolute Gasteiger partial charge is 0.281 e. The summed E-state index contributed by atoms with van der Waals surface area (Å²) in [6.07, 6.45) is 10.9. The Morgan fingerprint density at radius 2 is 2.00 bits per heavy atom. The van der Waals surface area contributed by atoms with Crippen LogP contribution in [-0.2, 0) is 4.79 Å². The van der Waals surface area contributed by atoms with Gasteiger partial charge in [0.25, 0.3) is 0 Å². The molecule has 5 atom stereocenters. The second-order valence-electron chi connectivity index (χ2n) is 8.96. The third-order valence-electron chi connectivity index (χ3n) is 7.55. The lowest BCUT2D eigenvalue weighted by Crippen LogP contribution is -2.52. The molecule has 3 aliphatic rings. The third-order valence-corrected chi connectivity index (χ3v) is 7.98. The van der Waals surface area contributed by atoms with Crippen molar-refractivity contribution in [3.05, 3.63) is 11.6 Å². The second kappa shape index (κ2) is 5.65. The molecule has 2 unspecified atom stereocenters. The van der Waals surface area contributed by atoms with Gasteiger partial charge in [0.1, 0.15) is 0 Å². The number of carbonyl (C=O) groups excluding carboxylic acids is 1. The van der Waals surface area contributed by atoms with Gasteiger partial charge in [-0.2, -0.15) is 0 Å². The number of halogens is 1. The van der Waals surface area contributed by atoms with Crippen LogP contribution in [0.4, 0.5) is 0 Å². The predicted octanol–water partition coefficient (Wildman–Crippen LogP) is 5.97. The average molecular weight is 323 g/mol. The van der Waals surface area contributed by atoms with Gasteiger partial charge in [0.05, 0.1) is 0 Å². The van der Waals surface area contributed by atoms with E-state index >= 15 is 0 Å². The molecule has 2 fully saturated rings. The second-order valence-corrected chi connectivity index (χ2v) is 9.30. The summed E-state index contributed by atoms with van der Waals surface area (Å²) in [5.41, 5.74) is 1.67. The van der Waals surface area contributed by atoms with Crippen molar-refractivity contribution in [2.45, 2.75) is 72.6 Å². The number of hydrogen-bond acceptors (Lipinski definition) is 1. The fraction of sp³-hybridized carbons (Fsp3) is 0.850. The molecule has 0 spiro atoms. The SMILES string of the molecule is CC(C)C1CC[C@@H]2C(=CCC3[C@]2(C)CCC[C@]3(C)C(=O)Cl)C1. The van der Waals surface area contributed by atoms with Crippen LogP contribution in [0, 0.1) is 34.5 Å². The lowest BCUT2D eigenvalue weighted by atomic mass is 9.46. The molecule has 0 radical (unpaired) electrons. The van der Waals surface area contributed by atoms with Crippen molar-refractivity contribution >= 4 is 16.8 Å². The minimum absolute atomic E-state index is 0.101. The Labute approximate surface area is 140 Å². The van der Waals surface area contributed by atoms with Crippen molar-refractivity contribution in [1.29, 1.82) is 0 Å². The first-order valence-electron chi connectivity index (χ1n) is 9.18. The lowest BCUT2D eigenvalue weighted by Gasteiger charge is -2.58. The highest BCUT2D eigenvalue weighted by Crippen LogP contribution is 2.63. The van der Waals surface area contributed by atoms with Crippen molar-refractivity contribution in [3.8, 4) is 0 Å². The minimum atomic E-state index is -0.314. The highest BCUT2D eigenvalue weighted by molar-refractivity contribution is 6.64. The fourth-order valence-corrected chi connectivity index (χ4v) is 6.25. The van der Waals surface area contributed by atoms with Gasteiger partial charge in [-0.25, -0.2) is 0 Å². The van der Waals surface area contributed by atoms with E-state index < -0.39 is 0 Å². The Kier molecular flexibility index (Phi) is 4.25. The van der Waals surface area contributed by atoms with E-state index in [0.717, 1.165) is 31.1 Å². The van der Waals surface area contributed by atoms with Gasteiger partial charge < -0.3 is 0 Å². The summed E-state index contributed by atoms with van der Waals surface area (Å²) < 4.78 is 0. The molecule has 3 rings (SSSR count). The molecule has 3 aliphatic carbocycles. The molecule has 22 heavy (non-hydrogen) atoms. The van der Waals surface area contributed by atoms with Crippen molar-refractivity contribution in [3.63, 3.8) is 0 Å². The van der Waals surface area contributed by atoms with Gasteiger partial charge >= 0.3 is 0 Å². The quantitative estimate of drug-likeness (QED) is 0.452. The zero-order valence-corrected chi connectivity index (χ0v) is 15.4. The van der Waals surface area contributed by atoms with Crippen molar-refractivity contribution in [2.24, 2.45) is 34.5 Å². The molecule has 124 valence electrons. The first-order valence-corrected chi connectivity index (χ1v) is 9.55. The smallest absolute Gasteiger partial charge is 0.227 e. The highest BCUT2D eigenvalue weighted by Gasteiger charge is 2.57. The number of carbonyl (C=O) groups is 1.